The Hall–Kier alpha value is -1.85. The second kappa shape index (κ2) is 8.69. The van der Waals surface area contributed by atoms with Crippen molar-refractivity contribution in [3.63, 3.8) is 0 Å². The average Bonchev–Trinajstić information content (AvgIpc) is 3.16. The van der Waals surface area contributed by atoms with Gasteiger partial charge in [0.25, 0.3) is 0 Å². The standard InChI is InChI=1S/C20H24ClN3OS/c1-23(14-15-5-8-17(26-2)9-6-15)20(25)22-16-7-10-19(18(21)13-16)24-11-3-4-12-24/h5-10,13H,3-4,11-12,14H2,1-2H3,(H,22,25). The molecule has 0 spiro atoms. The minimum atomic E-state index is -0.149. The van der Waals surface area contributed by atoms with Crippen molar-refractivity contribution >= 4 is 40.8 Å². The molecule has 1 N–H and O–H groups in total. The second-order valence-corrected chi connectivity index (χ2v) is 7.78. The van der Waals surface area contributed by atoms with Crippen LogP contribution in [0.4, 0.5) is 16.2 Å². The number of nitrogens with one attached hydrogen (secondary N) is 1. The molecule has 2 aromatic carbocycles. The Balaban J connectivity index is 1.60. The molecular weight excluding hydrogens is 366 g/mol. The van der Waals surface area contributed by atoms with E-state index in [1.54, 1.807) is 23.7 Å². The van der Waals surface area contributed by atoms with Gasteiger partial charge in [-0.15, -0.1) is 11.8 Å². The van der Waals surface area contributed by atoms with Crippen LogP contribution >= 0.6 is 23.4 Å². The van der Waals surface area contributed by atoms with Crippen molar-refractivity contribution in [2.75, 3.05) is 36.6 Å². The van der Waals surface area contributed by atoms with Crippen LogP contribution < -0.4 is 10.2 Å². The Morgan fingerprint density at radius 3 is 2.50 bits per heavy atom. The average molecular weight is 390 g/mol. The van der Waals surface area contributed by atoms with Crippen LogP contribution in [0.2, 0.25) is 5.02 Å². The molecule has 1 heterocycles. The lowest BCUT2D eigenvalue weighted by Gasteiger charge is -2.21. The zero-order valence-corrected chi connectivity index (χ0v) is 16.7. The van der Waals surface area contributed by atoms with E-state index < -0.39 is 0 Å². The fourth-order valence-corrected chi connectivity index (χ4v) is 3.80. The van der Waals surface area contributed by atoms with E-state index in [1.165, 1.54) is 17.7 Å². The van der Waals surface area contributed by atoms with Gasteiger partial charge in [0.15, 0.2) is 0 Å². The van der Waals surface area contributed by atoms with Crippen LogP contribution in [0.25, 0.3) is 0 Å². The summed E-state index contributed by atoms with van der Waals surface area (Å²) in [6.45, 7) is 2.65. The molecular formula is C20H24ClN3OS. The highest BCUT2D eigenvalue weighted by molar-refractivity contribution is 7.98. The number of thioether (sulfide) groups is 1. The number of rotatable bonds is 5. The van der Waals surface area contributed by atoms with E-state index in [-0.39, 0.29) is 6.03 Å². The number of anilines is 2. The molecule has 0 unspecified atom stereocenters. The molecule has 0 saturated carbocycles. The Morgan fingerprint density at radius 2 is 1.88 bits per heavy atom. The maximum Gasteiger partial charge on any atom is 0.321 e. The van der Waals surface area contributed by atoms with Crippen molar-refractivity contribution in [2.24, 2.45) is 0 Å². The van der Waals surface area contributed by atoms with E-state index in [4.69, 9.17) is 11.6 Å². The van der Waals surface area contributed by atoms with Gasteiger partial charge < -0.3 is 15.1 Å². The molecule has 138 valence electrons. The van der Waals surface area contributed by atoms with Gasteiger partial charge in [-0.1, -0.05) is 23.7 Å². The van der Waals surface area contributed by atoms with Gasteiger partial charge in [-0.2, -0.15) is 0 Å². The van der Waals surface area contributed by atoms with E-state index >= 15 is 0 Å². The minimum Gasteiger partial charge on any atom is -0.370 e. The lowest BCUT2D eigenvalue weighted by atomic mass is 10.2. The SMILES string of the molecule is CSc1ccc(CN(C)C(=O)Nc2ccc(N3CCCC3)c(Cl)c2)cc1. The normalized spacial score (nSPS) is 13.7. The van der Waals surface area contributed by atoms with E-state index in [0.29, 0.717) is 17.3 Å². The topological polar surface area (TPSA) is 35.6 Å². The summed E-state index contributed by atoms with van der Waals surface area (Å²) in [4.78, 5) is 17.6. The van der Waals surface area contributed by atoms with Gasteiger partial charge in [0.05, 0.1) is 10.7 Å². The van der Waals surface area contributed by atoms with Crippen molar-refractivity contribution in [1.29, 1.82) is 0 Å². The van der Waals surface area contributed by atoms with Crippen LogP contribution in [-0.2, 0) is 6.54 Å². The zero-order valence-electron chi connectivity index (χ0n) is 15.2. The monoisotopic (exact) mass is 389 g/mol. The molecule has 1 aliphatic heterocycles. The maximum atomic E-state index is 12.4. The molecule has 0 radical (unpaired) electrons. The highest BCUT2D eigenvalue weighted by atomic mass is 35.5. The molecule has 1 fully saturated rings. The quantitative estimate of drug-likeness (QED) is 0.702. The fraction of sp³-hybridized carbons (Fsp3) is 0.350. The largest absolute Gasteiger partial charge is 0.370 e. The Bertz CT molecular complexity index is 760. The summed E-state index contributed by atoms with van der Waals surface area (Å²) >= 11 is 8.13. The summed E-state index contributed by atoms with van der Waals surface area (Å²) in [6.07, 6.45) is 4.46. The van der Waals surface area contributed by atoms with Crippen molar-refractivity contribution in [3.05, 3.63) is 53.1 Å². The predicted molar refractivity (Wildman–Crippen MR) is 112 cm³/mol. The number of nitrogens with zero attached hydrogens (tertiary/aromatic N) is 2. The first kappa shape index (κ1) is 18.9. The van der Waals surface area contributed by atoms with Crippen LogP contribution in [0.3, 0.4) is 0 Å². The van der Waals surface area contributed by atoms with Gasteiger partial charge in [-0.25, -0.2) is 4.79 Å². The van der Waals surface area contributed by atoms with Gasteiger partial charge in [-0.05, 0) is 55.0 Å². The van der Waals surface area contributed by atoms with Crippen molar-refractivity contribution < 1.29 is 4.79 Å². The van der Waals surface area contributed by atoms with Crippen LogP contribution in [0.5, 0.6) is 0 Å². The molecule has 1 saturated heterocycles. The maximum absolute atomic E-state index is 12.4. The molecule has 0 bridgehead atoms. The number of hydrogen-bond donors (Lipinski definition) is 1. The van der Waals surface area contributed by atoms with Crippen molar-refractivity contribution in [1.82, 2.24) is 4.90 Å². The first-order valence-corrected chi connectivity index (χ1v) is 10.4. The van der Waals surface area contributed by atoms with Crippen LogP contribution in [-0.4, -0.2) is 37.3 Å². The fourth-order valence-electron chi connectivity index (χ4n) is 3.09. The van der Waals surface area contributed by atoms with Crippen LogP contribution in [0.1, 0.15) is 18.4 Å². The lowest BCUT2D eigenvalue weighted by molar-refractivity contribution is 0.220. The molecule has 1 aliphatic rings. The summed E-state index contributed by atoms with van der Waals surface area (Å²) in [5.41, 5.74) is 2.86. The molecule has 4 nitrogen and oxygen atoms in total. The van der Waals surface area contributed by atoms with Gasteiger partial charge in [-0.3, -0.25) is 0 Å². The van der Waals surface area contributed by atoms with Crippen LogP contribution in [0, 0.1) is 0 Å². The Labute approximate surface area is 164 Å². The molecule has 6 heteroatoms. The van der Waals surface area contributed by atoms with E-state index in [1.807, 2.05) is 18.2 Å². The summed E-state index contributed by atoms with van der Waals surface area (Å²) in [5.74, 6) is 0. The summed E-state index contributed by atoms with van der Waals surface area (Å²) in [6, 6.07) is 13.8. The van der Waals surface area contributed by atoms with E-state index in [0.717, 1.165) is 24.3 Å². The molecule has 26 heavy (non-hydrogen) atoms. The number of hydrogen-bond acceptors (Lipinski definition) is 3. The number of carbonyl (C=O) groups excluding carboxylic acids is 1. The smallest absolute Gasteiger partial charge is 0.321 e. The van der Waals surface area contributed by atoms with Crippen LogP contribution in [0.15, 0.2) is 47.4 Å². The van der Waals surface area contributed by atoms with Gasteiger partial charge in [0.1, 0.15) is 0 Å². The Morgan fingerprint density at radius 1 is 1.19 bits per heavy atom. The molecule has 2 aromatic rings. The zero-order chi connectivity index (χ0) is 18.5. The predicted octanol–water partition coefficient (Wildman–Crippen LogP) is 5.33. The third-order valence-electron chi connectivity index (χ3n) is 4.57. The number of amides is 2. The van der Waals surface area contributed by atoms with Crippen molar-refractivity contribution in [2.45, 2.75) is 24.3 Å². The molecule has 0 aromatic heterocycles. The third kappa shape index (κ3) is 4.65. The summed E-state index contributed by atoms with van der Waals surface area (Å²) < 4.78 is 0. The van der Waals surface area contributed by atoms with Gasteiger partial charge in [0, 0.05) is 37.3 Å². The highest BCUT2D eigenvalue weighted by Crippen LogP contribution is 2.31. The van der Waals surface area contributed by atoms with Gasteiger partial charge in [0.2, 0.25) is 0 Å². The molecule has 2 amide bonds. The third-order valence-corrected chi connectivity index (χ3v) is 5.62. The van der Waals surface area contributed by atoms with Crippen molar-refractivity contribution in [3.8, 4) is 0 Å². The first-order valence-electron chi connectivity index (χ1n) is 8.76. The lowest BCUT2D eigenvalue weighted by Crippen LogP contribution is -2.30. The molecule has 0 atom stereocenters. The minimum absolute atomic E-state index is 0.149. The molecule has 0 aliphatic carbocycles. The summed E-state index contributed by atoms with van der Waals surface area (Å²) in [7, 11) is 1.79. The summed E-state index contributed by atoms with van der Waals surface area (Å²) in [5, 5.41) is 3.60. The number of carbonyl (C=O) groups is 1. The number of benzene rings is 2. The molecule has 3 rings (SSSR count). The van der Waals surface area contributed by atoms with Gasteiger partial charge >= 0.3 is 6.03 Å². The second-order valence-electron chi connectivity index (χ2n) is 6.49. The Kier molecular flexibility index (Phi) is 6.33. The highest BCUT2D eigenvalue weighted by Gasteiger charge is 2.16. The van der Waals surface area contributed by atoms with E-state index in [2.05, 4.69) is 40.7 Å². The van der Waals surface area contributed by atoms with E-state index in [9.17, 15) is 4.79 Å². The number of urea groups is 1. The first-order chi connectivity index (χ1) is 12.6. The number of halogens is 1.